The summed E-state index contributed by atoms with van der Waals surface area (Å²) in [5.41, 5.74) is 0.862. The van der Waals surface area contributed by atoms with Gasteiger partial charge in [-0.15, -0.1) is 0 Å². The van der Waals surface area contributed by atoms with Crippen molar-refractivity contribution in [1.29, 1.82) is 0 Å². The van der Waals surface area contributed by atoms with Gasteiger partial charge in [0.1, 0.15) is 0 Å². The Morgan fingerprint density at radius 2 is 2.16 bits per heavy atom. The highest BCUT2D eigenvalue weighted by atomic mass is 16.6. The number of nitro benzene ring substituents is 1. The predicted molar refractivity (Wildman–Crippen MR) is 73.0 cm³/mol. The largest absolute Gasteiger partial charge is 0.355 e. The first-order valence-corrected chi connectivity index (χ1v) is 6.34. The Morgan fingerprint density at radius 3 is 2.84 bits per heavy atom. The molecule has 0 fully saturated rings. The van der Waals surface area contributed by atoms with Crippen molar-refractivity contribution >= 4 is 11.6 Å². The fourth-order valence-corrected chi connectivity index (χ4v) is 1.64. The maximum absolute atomic E-state index is 11.5. The zero-order valence-corrected chi connectivity index (χ0v) is 11.0. The highest BCUT2D eigenvalue weighted by molar-refractivity contribution is 5.76. The summed E-state index contributed by atoms with van der Waals surface area (Å²) in [7, 11) is 0. The lowest BCUT2D eigenvalue weighted by Crippen LogP contribution is -2.31. The number of carbonyl (C=O) groups is 1. The van der Waals surface area contributed by atoms with Crippen LogP contribution in [-0.4, -0.2) is 30.5 Å². The smallest absolute Gasteiger partial charge is 0.269 e. The third-order valence-corrected chi connectivity index (χ3v) is 2.64. The summed E-state index contributed by atoms with van der Waals surface area (Å²) in [4.78, 5) is 21.7. The van der Waals surface area contributed by atoms with Gasteiger partial charge in [-0.05, 0) is 18.5 Å². The van der Waals surface area contributed by atoms with Crippen LogP contribution in [0.25, 0.3) is 0 Å². The number of rotatable bonds is 8. The Bertz CT molecular complexity index is 435. The fourth-order valence-electron chi connectivity index (χ4n) is 1.64. The summed E-state index contributed by atoms with van der Waals surface area (Å²) in [6.07, 6.45) is 0.849. The summed E-state index contributed by atoms with van der Waals surface area (Å²) < 4.78 is 0. The molecule has 0 radical (unpaired) electrons. The van der Waals surface area contributed by atoms with Crippen molar-refractivity contribution in [2.24, 2.45) is 0 Å². The third kappa shape index (κ3) is 5.96. The second-order valence-electron chi connectivity index (χ2n) is 4.13. The van der Waals surface area contributed by atoms with Crippen LogP contribution in [0.3, 0.4) is 0 Å². The summed E-state index contributed by atoms with van der Waals surface area (Å²) in [6, 6.07) is 6.38. The number of benzene rings is 1. The van der Waals surface area contributed by atoms with Crippen LogP contribution in [-0.2, 0) is 11.2 Å². The third-order valence-electron chi connectivity index (χ3n) is 2.64. The lowest BCUT2D eigenvalue weighted by atomic mass is 10.1. The number of nitrogens with zero attached hydrogens (tertiary/aromatic N) is 1. The molecule has 0 saturated heterocycles. The van der Waals surface area contributed by atoms with Gasteiger partial charge in [-0.2, -0.15) is 0 Å². The summed E-state index contributed by atoms with van der Waals surface area (Å²) in [5.74, 6) is -0.0376. The first kappa shape index (κ1) is 15.1. The SMILES string of the molecule is CCNCCNC(=O)CCc1cccc([N+](=O)[O-])c1. The van der Waals surface area contributed by atoms with E-state index in [2.05, 4.69) is 10.6 Å². The van der Waals surface area contributed by atoms with Crippen LogP contribution in [0, 0.1) is 10.1 Å². The van der Waals surface area contributed by atoms with Gasteiger partial charge < -0.3 is 10.6 Å². The Hall–Kier alpha value is -1.95. The van der Waals surface area contributed by atoms with E-state index < -0.39 is 4.92 Å². The van der Waals surface area contributed by atoms with Crippen molar-refractivity contribution in [3.8, 4) is 0 Å². The zero-order chi connectivity index (χ0) is 14.1. The Balaban J connectivity index is 2.33. The van der Waals surface area contributed by atoms with Crippen molar-refractivity contribution in [2.75, 3.05) is 19.6 Å². The van der Waals surface area contributed by atoms with Crippen LogP contribution in [0.2, 0.25) is 0 Å². The summed E-state index contributed by atoms with van der Waals surface area (Å²) >= 11 is 0. The van der Waals surface area contributed by atoms with Crippen molar-refractivity contribution in [3.63, 3.8) is 0 Å². The molecule has 1 rings (SSSR count). The molecular weight excluding hydrogens is 246 g/mol. The first-order chi connectivity index (χ1) is 9.13. The molecule has 0 aliphatic carbocycles. The van der Waals surface area contributed by atoms with Gasteiger partial charge in [-0.1, -0.05) is 19.1 Å². The molecule has 0 spiro atoms. The van der Waals surface area contributed by atoms with Crippen LogP contribution >= 0.6 is 0 Å². The Morgan fingerprint density at radius 1 is 1.37 bits per heavy atom. The Kier molecular flexibility index (Phi) is 6.52. The number of hydrogen-bond acceptors (Lipinski definition) is 4. The van der Waals surface area contributed by atoms with Gasteiger partial charge >= 0.3 is 0 Å². The normalized spacial score (nSPS) is 10.2. The number of carbonyl (C=O) groups excluding carboxylic acids is 1. The molecule has 0 heterocycles. The van der Waals surface area contributed by atoms with Gasteiger partial charge in [0.2, 0.25) is 5.91 Å². The summed E-state index contributed by atoms with van der Waals surface area (Å²) in [6.45, 7) is 4.23. The van der Waals surface area contributed by atoms with Crippen molar-refractivity contribution in [3.05, 3.63) is 39.9 Å². The lowest BCUT2D eigenvalue weighted by Gasteiger charge is -2.05. The van der Waals surface area contributed by atoms with Gasteiger partial charge in [0, 0.05) is 31.6 Å². The quantitative estimate of drug-likeness (QED) is 0.421. The van der Waals surface area contributed by atoms with Gasteiger partial charge in [-0.25, -0.2) is 0 Å². The van der Waals surface area contributed by atoms with Crippen LogP contribution in [0.4, 0.5) is 5.69 Å². The number of nitro groups is 1. The van der Waals surface area contributed by atoms with Crippen molar-refractivity contribution in [1.82, 2.24) is 10.6 Å². The van der Waals surface area contributed by atoms with E-state index in [1.165, 1.54) is 12.1 Å². The minimum Gasteiger partial charge on any atom is -0.355 e. The Labute approximate surface area is 112 Å². The second-order valence-corrected chi connectivity index (χ2v) is 4.13. The van der Waals surface area contributed by atoms with Crippen molar-refractivity contribution < 1.29 is 9.72 Å². The number of hydrogen-bond donors (Lipinski definition) is 2. The molecular formula is C13H19N3O3. The van der Waals surface area contributed by atoms with E-state index in [1.54, 1.807) is 12.1 Å². The van der Waals surface area contributed by atoms with Crippen molar-refractivity contribution in [2.45, 2.75) is 19.8 Å². The molecule has 0 unspecified atom stereocenters. The predicted octanol–water partition coefficient (Wildman–Crippen LogP) is 1.25. The number of nitrogens with one attached hydrogen (secondary N) is 2. The molecule has 1 aromatic rings. The highest BCUT2D eigenvalue weighted by Crippen LogP contribution is 2.14. The molecule has 0 aromatic heterocycles. The maximum Gasteiger partial charge on any atom is 0.269 e. The van der Waals surface area contributed by atoms with Gasteiger partial charge in [0.25, 0.3) is 5.69 Å². The van der Waals surface area contributed by atoms with Crippen LogP contribution in [0.5, 0.6) is 0 Å². The number of aryl methyl sites for hydroxylation is 1. The first-order valence-electron chi connectivity index (χ1n) is 6.34. The van der Waals surface area contributed by atoms with E-state index in [0.717, 1.165) is 18.7 Å². The highest BCUT2D eigenvalue weighted by Gasteiger charge is 2.07. The van der Waals surface area contributed by atoms with Crippen LogP contribution < -0.4 is 10.6 Å². The molecule has 6 nitrogen and oxygen atoms in total. The monoisotopic (exact) mass is 265 g/mol. The second kappa shape index (κ2) is 8.20. The molecule has 6 heteroatoms. The van der Waals surface area contributed by atoms with E-state index in [4.69, 9.17) is 0 Å². The average Bonchev–Trinajstić information content (AvgIpc) is 2.41. The van der Waals surface area contributed by atoms with Crippen LogP contribution in [0.1, 0.15) is 18.9 Å². The van der Waals surface area contributed by atoms with Crippen LogP contribution in [0.15, 0.2) is 24.3 Å². The van der Waals surface area contributed by atoms with E-state index in [0.29, 0.717) is 19.4 Å². The summed E-state index contributed by atoms with van der Waals surface area (Å²) in [5, 5.41) is 16.5. The number of amides is 1. The van der Waals surface area contributed by atoms with E-state index in [-0.39, 0.29) is 11.6 Å². The minimum atomic E-state index is -0.431. The maximum atomic E-state index is 11.5. The molecule has 0 atom stereocenters. The lowest BCUT2D eigenvalue weighted by molar-refractivity contribution is -0.384. The standard InChI is InChI=1S/C13H19N3O3/c1-2-14-8-9-15-13(17)7-6-11-4-3-5-12(10-11)16(18)19/h3-5,10,14H,2,6-9H2,1H3,(H,15,17). The van der Waals surface area contributed by atoms with Gasteiger partial charge in [-0.3, -0.25) is 14.9 Å². The zero-order valence-electron chi connectivity index (χ0n) is 11.0. The molecule has 1 amide bonds. The fraction of sp³-hybridized carbons (Fsp3) is 0.462. The number of non-ortho nitro benzene ring substituents is 1. The van der Waals surface area contributed by atoms with Gasteiger partial charge in [0.05, 0.1) is 4.92 Å². The molecule has 104 valence electrons. The molecule has 1 aromatic carbocycles. The molecule has 2 N–H and O–H groups in total. The van der Waals surface area contributed by atoms with Gasteiger partial charge in [0.15, 0.2) is 0 Å². The molecule has 0 saturated carbocycles. The van der Waals surface area contributed by atoms with E-state index >= 15 is 0 Å². The molecule has 0 aliphatic heterocycles. The average molecular weight is 265 g/mol. The topological polar surface area (TPSA) is 84.3 Å². The molecule has 0 bridgehead atoms. The minimum absolute atomic E-state index is 0.0376. The number of likely N-dealkylation sites (N-methyl/N-ethyl adjacent to an activating group) is 1. The van der Waals surface area contributed by atoms with E-state index in [1.807, 2.05) is 6.92 Å². The molecule has 0 aliphatic rings. The molecule has 19 heavy (non-hydrogen) atoms. The van der Waals surface area contributed by atoms with E-state index in [9.17, 15) is 14.9 Å².